The summed E-state index contributed by atoms with van der Waals surface area (Å²) in [6.07, 6.45) is 0.180. The molecule has 0 aromatic heterocycles. The fraction of sp³-hybridized carbons (Fsp3) is 0.333. The molecule has 0 aliphatic carbocycles. The summed E-state index contributed by atoms with van der Waals surface area (Å²) in [5.41, 5.74) is 1.52. The van der Waals surface area contributed by atoms with Crippen LogP contribution in [-0.4, -0.2) is 53.6 Å². The molecule has 4 rings (SSSR count). The second kappa shape index (κ2) is 8.56. The van der Waals surface area contributed by atoms with Gasteiger partial charge >= 0.3 is 0 Å². The molecule has 0 spiro atoms. The topological polar surface area (TPSA) is 105 Å². The fourth-order valence-corrected chi connectivity index (χ4v) is 4.71. The van der Waals surface area contributed by atoms with Crippen molar-refractivity contribution < 1.29 is 27.5 Å². The normalized spacial score (nSPS) is 17.2. The highest BCUT2D eigenvalue weighted by atomic mass is 32.2. The van der Waals surface area contributed by atoms with Gasteiger partial charge in [0.05, 0.1) is 30.9 Å². The summed E-state index contributed by atoms with van der Waals surface area (Å²) >= 11 is 0. The van der Waals surface area contributed by atoms with Gasteiger partial charge in [0.1, 0.15) is 5.75 Å². The lowest BCUT2D eigenvalue weighted by Crippen LogP contribution is -2.36. The Morgan fingerprint density at radius 2 is 1.61 bits per heavy atom. The summed E-state index contributed by atoms with van der Waals surface area (Å²) in [6, 6.07) is 11.2. The van der Waals surface area contributed by atoms with E-state index in [0.717, 1.165) is 23.7 Å². The maximum absolute atomic E-state index is 13.0. The third kappa shape index (κ3) is 4.35. The summed E-state index contributed by atoms with van der Waals surface area (Å²) in [4.78, 5) is 27.4. The number of hydrogen-bond acceptors (Lipinski definition) is 7. The van der Waals surface area contributed by atoms with E-state index in [1.807, 2.05) is 12.1 Å². The molecule has 2 heterocycles. The zero-order chi connectivity index (χ0) is 22.0. The Morgan fingerprint density at radius 1 is 0.968 bits per heavy atom. The average Bonchev–Trinajstić information content (AvgIpc) is 3.12. The second-order valence-corrected chi connectivity index (χ2v) is 8.89. The van der Waals surface area contributed by atoms with Crippen molar-refractivity contribution in [1.82, 2.24) is 0 Å². The first-order valence-corrected chi connectivity index (χ1v) is 11.4. The number of amides is 2. The van der Waals surface area contributed by atoms with Gasteiger partial charge < -0.3 is 14.4 Å². The number of morpholine rings is 1. The summed E-state index contributed by atoms with van der Waals surface area (Å²) in [5.74, 6) is -0.522. The van der Waals surface area contributed by atoms with Crippen LogP contribution in [0.1, 0.15) is 12.8 Å². The fourth-order valence-electron chi connectivity index (χ4n) is 3.63. The average molecular weight is 445 g/mol. The Balaban J connectivity index is 1.58. The molecular weight excluding hydrogens is 422 g/mol. The van der Waals surface area contributed by atoms with Crippen LogP contribution in [0.25, 0.3) is 0 Å². The number of carbonyl (C=O) groups excluding carboxylic acids is 2. The van der Waals surface area contributed by atoms with Crippen molar-refractivity contribution in [2.24, 2.45) is 0 Å². The Hall–Kier alpha value is -3.11. The van der Waals surface area contributed by atoms with Crippen LogP contribution < -0.4 is 19.3 Å². The van der Waals surface area contributed by atoms with Crippen molar-refractivity contribution in [2.45, 2.75) is 17.7 Å². The van der Waals surface area contributed by atoms with Crippen LogP contribution >= 0.6 is 0 Å². The van der Waals surface area contributed by atoms with Gasteiger partial charge in [-0.2, -0.15) is 0 Å². The molecule has 2 aliphatic rings. The third-order valence-electron chi connectivity index (χ3n) is 5.25. The molecule has 0 radical (unpaired) electrons. The highest BCUT2D eigenvalue weighted by Gasteiger charge is 2.33. The van der Waals surface area contributed by atoms with Crippen molar-refractivity contribution in [2.75, 3.05) is 47.9 Å². The third-order valence-corrected chi connectivity index (χ3v) is 6.63. The number of benzene rings is 2. The van der Waals surface area contributed by atoms with Crippen LogP contribution in [0.5, 0.6) is 5.75 Å². The highest BCUT2D eigenvalue weighted by Crippen LogP contribution is 2.34. The van der Waals surface area contributed by atoms with E-state index < -0.39 is 10.0 Å². The predicted octanol–water partition coefficient (Wildman–Crippen LogP) is 1.99. The van der Waals surface area contributed by atoms with Gasteiger partial charge in [0.25, 0.3) is 10.0 Å². The monoisotopic (exact) mass is 445 g/mol. The van der Waals surface area contributed by atoms with Crippen LogP contribution in [0.4, 0.5) is 17.1 Å². The molecule has 2 saturated heterocycles. The molecule has 2 aliphatic heterocycles. The molecule has 2 fully saturated rings. The number of rotatable bonds is 6. The Kier molecular flexibility index (Phi) is 5.84. The number of sulfonamides is 1. The first-order valence-electron chi connectivity index (χ1n) is 9.88. The van der Waals surface area contributed by atoms with Gasteiger partial charge in [-0.05, 0) is 42.5 Å². The number of methoxy groups -OCH3 is 1. The number of nitrogens with zero attached hydrogens (tertiary/aromatic N) is 2. The van der Waals surface area contributed by atoms with E-state index in [2.05, 4.69) is 9.62 Å². The SMILES string of the molecule is COc1ccc(S(=O)(=O)Nc2ccc(N3CCOCC3)cc2)cc1N1C(=O)CCC1=O. The largest absolute Gasteiger partial charge is 0.495 e. The lowest BCUT2D eigenvalue weighted by atomic mass is 10.2. The summed E-state index contributed by atoms with van der Waals surface area (Å²) in [7, 11) is -2.56. The van der Waals surface area contributed by atoms with Gasteiger partial charge in [0, 0.05) is 37.3 Å². The van der Waals surface area contributed by atoms with Crippen molar-refractivity contribution in [3.63, 3.8) is 0 Å². The smallest absolute Gasteiger partial charge is 0.261 e. The van der Waals surface area contributed by atoms with E-state index in [4.69, 9.17) is 9.47 Å². The van der Waals surface area contributed by atoms with Crippen LogP contribution in [0.15, 0.2) is 47.4 Å². The number of hydrogen-bond donors (Lipinski definition) is 1. The van der Waals surface area contributed by atoms with Gasteiger partial charge in [0.2, 0.25) is 11.8 Å². The van der Waals surface area contributed by atoms with Gasteiger partial charge in [0.15, 0.2) is 0 Å². The Labute approximate surface area is 180 Å². The van der Waals surface area contributed by atoms with Crippen molar-refractivity contribution in [3.05, 3.63) is 42.5 Å². The predicted molar refractivity (Wildman–Crippen MR) is 115 cm³/mol. The maximum atomic E-state index is 13.0. The number of ether oxygens (including phenoxy) is 2. The van der Waals surface area contributed by atoms with Crippen molar-refractivity contribution in [1.29, 1.82) is 0 Å². The molecule has 2 amide bonds. The molecule has 0 saturated carbocycles. The van der Waals surface area contributed by atoms with Crippen LogP contribution in [0.3, 0.4) is 0 Å². The molecule has 31 heavy (non-hydrogen) atoms. The summed E-state index contributed by atoms with van der Waals surface area (Å²) in [5, 5.41) is 0. The zero-order valence-electron chi connectivity index (χ0n) is 17.0. The number of nitrogens with one attached hydrogen (secondary N) is 1. The molecule has 0 unspecified atom stereocenters. The number of anilines is 3. The first-order chi connectivity index (χ1) is 14.9. The molecule has 10 heteroatoms. The van der Waals surface area contributed by atoms with Crippen LogP contribution in [-0.2, 0) is 24.3 Å². The van der Waals surface area contributed by atoms with Gasteiger partial charge in [-0.25, -0.2) is 13.3 Å². The van der Waals surface area contributed by atoms with Crippen LogP contribution in [0, 0.1) is 0 Å². The van der Waals surface area contributed by atoms with E-state index >= 15 is 0 Å². The molecular formula is C21H23N3O6S. The van der Waals surface area contributed by atoms with E-state index in [1.165, 1.54) is 25.3 Å². The zero-order valence-corrected chi connectivity index (χ0v) is 17.9. The molecule has 2 aromatic rings. The van der Waals surface area contributed by atoms with Gasteiger partial charge in [-0.15, -0.1) is 0 Å². The van der Waals surface area contributed by atoms with E-state index in [0.29, 0.717) is 18.9 Å². The van der Waals surface area contributed by atoms with E-state index in [9.17, 15) is 18.0 Å². The van der Waals surface area contributed by atoms with E-state index in [-0.39, 0.29) is 41.0 Å². The Bertz CT molecular complexity index is 1080. The second-order valence-electron chi connectivity index (χ2n) is 7.21. The summed E-state index contributed by atoms with van der Waals surface area (Å²) < 4.78 is 39.0. The minimum absolute atomic E-state index is 0.0759. The molecule has 0 bridgehead atoms. The Morgan fingerprint density at radius 3 is 2.23 bits per heavy atom. The van der Waals surface area contributed by atoms with E-state index in [1.54, 1.807) is 12.1 Å². The quantitative estimate of drug-likeness (QED) is 0.678. The van der Waals surface area contributed by atoms with Crippen molar-refractivity contribution in [3.8, 4) is 5.75 Å². The molecule has 1 N–H and O–H groups in total. The molecule has 2 aromatic carbocycles. The number of carbonyl (C=O) groups is 2. The van der Waals surface area contributed by atoms with Gasteiger partial charge in [-0.1, -0.05) is 0 Å². The minimum atomic E-state index is -3.95. The maximum Gasteiger partial charge on any atom is 0.261 e. The standard InChI is InChI=1S/C21H23N3O6S/c1-29-19-7-6-17(14-18(19)24-20(25)8-9-21(24)26)31(27,28)22-15-2-4-16(5-3-15)23-10-12-30-13-11-23/h2-7,14,22H,8-13H2,1H3. The molecule has 0 atom stereocenters. The number of imide groups is 1. The highest BCUT2D eigenvalue weighted by molar-refractivity contribution is 7.92. The molecule has 9 nitrogen and oxygen atoms in total. The first kappa shape index (κ1) is 21.1. The van der Waals surface area contributed by atoms with Crippen LogP contribution in [0.2, 0.25) is 0 Å². The summed E-state index contributed by atoms with van der Waals surface area (Å²) in [6.45, 7) is 2.90. The lowest BCUT2D eigenvalue weighted by Gasteiger charge is -2.28. The molecule has 164 valence electrons. The van der Waals surface area contributed by atoms with Gasteiger partial charge in [-0.3, -0.25) is 14.3 Å². The lowest BCUT2D eigenvalue weighted by molar-refractivity contribution is -0.121. The van der Waals surface area contributed by atoms with Crippen molar-refractivity contribution >= 4 is 38.9 Å². The minimum Gasteiger partial charge on any atom is -0.495 e.